The van der Waals surface area contributed by atoms with Crippen LogP contribution in [0.4, 0.5) is 37.0 Å². The minimum Gasteiger partial charge on any atom is -0.444 e. The number of hydrogen-bond acceptors (Lipinski definition) is 9. The Bertz CT molecular complexity index is 1680. The minimum atomic E-state index is -1.16. The van der Waals surface area contributed by atoms with Crippen LogP contribution in [0.2, 0.25) is 0 Å². The predicted molar refractivity (Wildman–Crippen MR) is 181 cm³/mol. The van der Waals surface area contributed by atoms with Crippen molar-refractivity contribution in [3.63, 3.8) is 0 Å². The van der Waals surface area contributed by atoms with Crippen molar-refractivity contribution in [1.82, 2.24) is 19.5 Å². The van der Waals surface area contributed by atoms with Crippen molar-refractivity contribution in [2.24, 2.45) is 5.92 Å². The summed E-state index contributed by atoms with van der Waals surface area (Å²) < 4.78 is 26.3. The Kier molecular flexibility index (Phi) is 10.7. The number of ether oxygens (including phenoxy) is 2. The molecule has 3 heterocycles. The summed E-state index contributed by atoms with van der Waals surface area (Å²) in [6, 6.07) is 7.95. The van der Waals surface area contributed by atoms with E-state index in [4.69, 9.17) is 14.5 Å². The van der Waals surface area contributed by atoms with Crippen molar-refractivity contribution < 1.29 is 33.4 Å². The number of aliphatic hydroxyl groups excluding tert-OH is 1. The number of benzene rings is 1. The molecule has 1 fully saturated rings. The van der Waals surface area contributed by atoms with E-state index in [2.05, 4.69) is 22.3 Å². The molecule has 0 aliphatic carbocycles. The van der Waals surface area contributed by atoms with E-state index in [0.29, 0.717) is 36.7 Å². The fourth-order valence-corrected chi connectivity index (χ4v) is 5.13. The molecular formula is C34H46FN7O6. The zero-order valence-electron chi connectivity index (χ0n) is 28.8. The Hall–Kier alpha value is -4.72. The van der Waals surface area contributed by atoms with Crippen molar-refractivity contribution >= 4 is 46.8 Å². The highest BCUT2D eigenvalue weighted by atomic mass is 19.1. The van der Waals surface area contributed by atoms with E-state index in [9.17, 15) is 23.9 Å². The first-order chi connectivity index (χ1) is 22.3. The third kappa shape index (κ3) is 9.00. The second kappa shape index (κ2) is 14.2. The summed E-state index contributed by atoms with van der Waals surface area (Å²) in [5.41, 5.74) is 0.351. The van der Waals surface area contributed by atoms with Gasteiger partial charge in [0.25, 0.3) is 5.91 Å². The molecule has 1 aliphatic heterocycles. The summed E-state index contributed by atoms with van der Waals surface area (Å²) in [6.07, 6.45) is 0.214. The van der Waals surface area contributed by atoms with Crippen LogP contribution in [0.5, 0.6) is 0 Å². The fraction of sp³-hybridized carbons (Fsp3) is 0.500. The van der Waals surface area contributed by atoms with E-state index in [1.54, 1.807) is 72.0 Å². The van der Waals surface area contributed by atoms with Crippen LogP contribution in [0.1, 0.15) is 73.3 Å². The Balaban J connectivity index is 1.71. The van der Waals surface area contributed by atoms with Gasteiger partial charge in [0.05, 0.1) is 24.5 Å². The molecule has 0 bridgehead atoms. The van der Waals surface area contributed by atoms with Gasteiger partial charge in [-0.3, -0.25) is 4.79 Å². The number of nitrogens with zero attached hydrogens (tertiary/aromatic N) is 5. The van der Waals surface area contributed by atoms with E-state index in [1.807, 2.05) is 13.8 Å². The van der Waals surface area contributed by atoms with Crippen molar-refractivity contribution in [2.45, 2.75) is 85.0 Å². The number of rotatable bonds is 8. The molecular weight excluding hydrogens is 621 g/mol. The molecule has 1 aliphatic rings. The first-order valence-corrected chi connectivity index (χ1v) is 15.9. The maximum Gasteiger partial charge on any atom is 0.420 e. The van der Waals surface area contributed by atoms with E-state index in [0.717, 1.165) is 5.56 Å². The van der Waals surface area contributed by atoms with Gasteiger partial charge >= 0.3 is 12.2 Å². The number of likely N-dealkylation sites (tertiary alicyclic amines) is 1. The van der Waals surface area contributed by atoms with Gasteiger partial charge in [-0.25, -0.2) is 23.9 Å². The lowest BCUT2D eigenvalue weighted by Gasteiger charge is -2.36. The molecule has 0 spiro atoms. The average Bonchev–Trinajstić information content (AvgIpc) is 3.39. The molecule has 1 aromatic carbocycles. The van der Waals surface area contributed by atoms with Gasteiger partial charge in [-0.2, -0.15) is 9.61 Å². The van der Waals surface area contributed by atoms with Crippen molar-refractivity contribution in [1.29, 1.82) is 0 Å². The molecule has 2 atom stereocenters. The van der Waals surface area contributed by atoms with E-state index in [1.165, 1.54) is 20.4 Å². The molecule has 2 aromatic heterocycles. The third-order valence-corrected chi connectivity index (χ3v) is 7.43. The number of halogens is 1. The molecule has 0 radical (unpaired) electrons. The van der Waals surface area contributed by atoms with Crippen LogP contribution in [-0.4, -0.2) is 79.6 Å². The van der Waals surface area contributed by atoms with Gasteiger partial charge in [0.2, 0.25) is 0 Å². The molecule has 1 saturated heterocycles. The lowest BCUT2D eigenvalue weighted by atomic mass is 9.94. The number of carbonyl (C=O) groups is 3. The van der Waals surface area contributed by atoms with Gasteiger partial charge in [-0.1, -0.05) is 26.5 Å². The predicted octanol–water partition coefficient (Wildman–Crippen LogP) is 6.38. The number of piperidine rings is 1. The highest BCUT2D eigenvalue weighted by Gasteiger charge is 2.33. The number of nitrogens with one attached hydrogen (secondary N) is 2. The van der Waals surface area contributed by atoms with Crippen LogP contribution in [0.25, 0.3) is 5.65 Å². The molecule has 3 amide bonds. The van der Waals surface area contributed by atoms with Gasteiger partial charge < -0.3 is 30.1 Å². The number of carbonyl (C=O) groups excluding carboxylic acids is 3. The highest BCUT2D eigenvalue weighted by Crippen LogP contribution is 2.34. The molecule has 14 heteroatoms. The van der Waals surface area contributed by atoms with Gasteiger partial charge in [0, 0.05) is 36.3 Å². The first kappa shape index (κ1) is 36.1. The highest BCUT2D eigenvalue weighted by molar-refractivity contribution is 6.02. The standard InChI is InChI=1S/C34H46FN7O6/c1-20(2)25-18-37-42-28(41(32(46)48-34(7,8)9)24-12-10-11-23(15-24)38-30(44)21(3)35)16-27(39-29(25)42)36-17-22-13-14-40(19-26(22)43)31(45)47-33(4,5)6/h10-12,15-16,18,20,22,26,43H,3,13-14,17,19H2,1-2,4-9H3,(H,36,39)(H,38,44)/t22-,26+/m1/s1. The minimum absolute atomic E-state index is 0.0411. The van der Waals surface area contributed by atoms with Gasteiger partial charge in [0.1, 0.15) is 22.8 Å². The third-order valence-electron chi connectivity index (χ3n) is 7.43. The maximum atomic E-state index is 13.9. The lowest BCUT2D eigenvalue weighted by Crippen LogP contribution is -2.49. The maximum absolute atomic E-state index is 13.9. The first-order valence-electron chi connectivity index (χ1n) is 15.9. The fourth-order valence-electron chi connectivity index (χ4n) is 5.13. The summed E-state index contributed by atoms with van der Waals surface area (Å²) in [7, 11) is 0. The number of amides is 3. The molecule has 3 N–H and O–H groups in total. The summed E-state index contributed by atoms with van der Waals surface area (Å²) in [5.74, 6) is -1.64. The second-order valence-corrected chi connectivity index (χ2v) is 14.1. The number of hydrogen-bond donors (Lipinski definition) is 3. The molecule has 48 heavy (non-hydrogen) atoms. The SMILES string of the molecule is C=C(F)C(=O)Nc1cccc(N(C(=O)OC(C)(C)C)c2cc(NC[C@H]3CCN(C(=O)OC(C)(C)C)C[C@@H]3O)nc3c(C(C)C)cnn23)c1. The summed E-state index contributed by atoms with van der Waals surface area (Å²) in [6.45, 7) is 18.5. The quantitative estimate of drug-likeness (QED) is 0.233. The number of β-amino-alcohol motifs (C(OH)–C–C–N with tert-alkyl or cyclic N) is 1. The van der Waals surface area contributed by atoms with Gasteiger partial charge in [0.15, 0.2) is 11.5 Å². The monoisotopic (exact) mass is 667 g/mol. The Morgan fingerprint density at radius 1 is 1.12 bits per heavy atom. The van der Waals surface area contributed by atoms with E-state index >= 15 is 0 Å². The van der Waals surface area contributed by atoms with Gasteiger partial charge in [-0.05, 0) is 72.1 Å². The van der Waals surface area contributed by atoms with E-state index in [-0.39, 0.29) is 29.9 Å². The Morgan fingerprint density at radius 3 is 2.42 bits per heavy atom. The zero-order valence-corrected chi connectivity index (χ0v) is 28.8. The second-order valence-electron chi connectivity index (χ2n) is 14.1. The van der Waals surface area contributed by atoms with Crippen molar-refractivity contribution in [3.8, 4) is 0 Å². The van der Waals surface area contributed by atoms with Crippen molar-refractivity contribution in [3.05, 3.63) is 54.5 Å². The largest absolute Gasteiger partial charge is 0.444 e. The van der Waals surface area contributed by atoms with Crippen LogP contribution in [-0.2, 0) is 14.3 Å². The van der Waals surface area contributed by atoms with Crippen LogP contribution in [0, 0.1) is 5.92 Å². The molecule has 3 aromatic rings. The van der Waals surface area contributed by atoms with Crippen LogP contribution >= 0.6 is 0 Å². The Labute approximate surface area is 280 Å². The molecule has 13 nitrogen and oxygen atoms in total. The normalized spacial score (nSPS) is 16.9. The number of aromatic nitrogens is 3. The van der Waals surface area contributed by atoms with E-state index < -0.39 is 41.2 Å². The number of anilines is 4. The number of aliphatic hydroxyl groups is 1. The van der Waals surface area contributed by atoms with Crippen LogP contribution in [0.3, 0.4) is 0 Å². The molecule has 4 rings (SSSR count). The molecule has 0 saturated carbocycles. The molecule has 260 valence electrons. The summed E-state index contributed by atoms with van der Waals surface area (Å²) >= 11 is 0. The smallest absolute Gasteiger partial charge is 0.420 e. The van der Waals surface area contributed by atoms with Crippen LogP contribution < -0.4 is 15.5 Å². The molecule has 0 unspecified atom stereocenters. The summed E-state index contributed by atoms with van der Waals surface area (Å²) in [5, 5.41) is 21.3. The van der Waals surface area contributed by atoms with Crippen LogP contribution in [0.15, 0.2) is 48.9 Å². The lowest BCUT2D eigenvalue weighted by molar-refractivity contribution is -0.114. The zero-order chi connectivity index (χ0) is 35.6. The van der Waals surface area contributed by atoms with Gasteiger partial charge in [-0.15, -0.1) is 0 Å². The topological polar surface area (TPSA) is 151 Å². The summed E-state index contributed by atoms with van der Waals surface area (Å²) in [4.78, 5) is 46.2. The Morgan fingerprint density at radius 2 is 1.81 bits per heavy atom. The van der Waals surface area contributed by atoms with Crippen molar-refractivity contribution in [2.75, 3.05) is 35.2 Å². The number of fused-ring (bicyclic) bond motifs is 1. The average molecular weight is 668 g/mol.